The molecule has 0 saturated carbocycles. The van der Waals surface area contributed by atoms with Crippen LogP contribution in [-0.4, -0.2) is 38.4 Å². The molecule has 298 valence electrons. The van der Waals surface area contributed by atoms with E-state index in [-0.39, 0.29) is 0 Å². The van der Waals surface area contributed by atoms with Gasteiger partial charge in [0.25, 0.3) is 0 Å². The molecule has 0 N–H and O–H groups in total. The molecule has 0 spiro atoms. The van der Waals surface area contributed by atoms with Crippen molar-refractivity contribution in [3.05, 3.63) is 181 Å². The number of ether oxygens (including phenoxy) is 4. The van der Waals surface area contributed by atoms with Crippen molar-refractivity contribution in [1.82, 2.24) is 9.97 Å². The lowest BCUT2D eigenvalue weighted by Crippen LogP contribution is -2.09. The quantitative estimate of drug-likeness (QED) is 0.114. The molecule has 8 nitrogen and oxygen atoms in total. The second-order valence-corrected chi connectivity index (χ2v) is 14.3. The Kier molecular flexibility index (Phi) is 11.5. The van der Waals surface area contributed by atoms with Crippen LogP contribution in [0, 0.1) is 13.8 Å². The van der Waals surface area contributed by atoms with Gasteiger partial charge < -0.3 is 28.7 Å². The first-order valence-electron chi connectivity index (χ1n) is 19.7. The molecule has 0 amide bonds. The van der Waals surface area contributed by atoms with Crippen LogP contribution in [-0.2, 0) is 0 Å². The largest absolute Gasteiger partial charge is 0.497 e. The van der Waals surface area contributed by atoms with Crippen molar-refractivity contribution < 1.29 is 18.9 Å². The van der Waals surface area contributed by atoms with Crippen LogP contribution >= 0.6 is 0 Å². The third kappa shape index (κ3) is 8.49. The van der Waals surface area contributed by atoms with Gasteiger partial charge in [-0.1, -0.05) is 24.3 Å². The number of benzene rings is 6. The molecule has 0 aliphatic heterocycles. The molecule has 8 rings (SSSR count). The summed E-state index contributed by atoms with van der Waals surface area (Å²) in [7, 11) is 6.71. The second-order valence-electron chi connectivity index (χ2n) is 14.3. The molecular formula is C52H46N4O4. The zero-order valence-corrected chi connectivity index (χ0v) is 34.6. The number of hydrogen-bond donors (Lipinski definition) is 0. The Hall–Kier alpha value is -7.58. The third-order valence-electron chi connectivity index (χ3n) is 10.4. The number of pyridine rings is 2. The number of hydrogen-bond acceptors (Lipinski definition) is 8. The molecule has 0 radical (unpaired) electrons. The van der Waals surface area contributed by atoms with Crippen molar-refractivity contribution in [3.8, 4) is 56.6 Å². The van der Waals surface area contributed by atoms with Crippen LogP contribution < -0.4 is 28.7 Å². The van der Waals surface area contributed by atoms with Crippen LogP contribution in [0.2, 0.25) is 0 Å². The molecule has 2 heterocycles. The Balaban J connectivity index is 1.09. The summed E-state index contributed by atoms with van der Waals surface area (Å²) in [4.78, 5) is 14.4. The molecule has 6 aromatic carbocycles. The highest BCUT2D eigenvalue weighted by molar-refractivity contribution is 5.81. The van der Waals surface area contributed by atoms with E-state index >= 15 is 0 Å². The molecule has 0 aliphatic rings. The van der Waals surface area contributed by atoms with Crippen LogP contribution in [0.4, 0.5) is 34.1 Å². The van der Waals surface area contributed by atoms with Gasteiger partial charge >= 0.3 is 0 Å². The summed E-state index contributed by atoms with van der Waals surface area (Å²) in [6, 6.07) is 58.0. The van der Waals surface area contributed by atoms with Gasteiger partial charge in [-0.05, 0) is 182 Å². The molecule has 8 aromatic rings. The van der Waals surface area contributed by atoms with Crippen molar-refractivity contribution in [1.29, 1.82) is 0 Å². The highest BCUT2D eigenvalue weighted by Crippen LogP contribution is 2.39. The standard InChI is InChI=1S/C52H46N4O4/c1-35-31-39(37-7-11-41(12-8-37)55(43-15-23-47(57-3)24-16-43)44-17-25-48(58-4)26-18-44)33-51(53-35)52-34-40(32-36(2)54-52)38-9-13-42(14-10-38)56(45-19-27-49(59-5)28-20-45)46-21-29-50(60-6)30-22-46/h7-34H,1-6H3. The molecule has 0 bridgehead atoms. The maximum atomic E-state index is 5.44. The van der Waals surface area contributed by atoms with Gasteiger partial charge in [0.15, 0.2) is 0 Å². The zero-order chi connectivity index (χ0) is 41.6. The van der Waals surface area contributed by atoms with E-state index in [0.717, 1.165) is 102 Å². The highest BCUT2D eigenvalue weighted by Gasteiger charge is 2.17. The van der Waals surface area contributed by atoms with E-state index in [9.17, 15) is 0 Å². The average Bonchev–Trinajstić information content (AvgIpc) is 3.30. The molecule has 0 fully saturated rings. The summed E-state index contributed by atoms with van der Waals surface area (Å²) in [5.41, 5.74) is 13.8. The summed E-state index contributed by atoms with van der Waals surface area (Å²) in [6.45, 7) is 4.06. The molecule has 60 heavy (non-hydrogen) atoms. The Bertz CT molecular complexity index is 2400. The van der Waals surface area contributed by atoms with Crippen molar-refractivity contribution >= 4 is 34.1 Å². The van der Waals surface area contributed by atoms with E-state index in [1.807, 2.05) is 62.4 Å². The maximum Gasteiger partial charge on any atom is 0.119 e. The van der Waals surface area contributed by atoms with Crippen LogP contribution in [0.5, 0.6) is 23.0 Å². The first-order valence-corrected chi connectivity index (χ1v) is 19.7. The van der Waals surface area contributed by atoms with Gasteiger partial charge in [0, 0.05) is 45.5 Å². The molecule has 0 atom stereocenters. The minimum atomic E-state index is 0.804. The van der Waals surface area contributed by atoms with Gasteiger partial charge in [-0.15, -0.1) is 0 Å². The van der Waals surface area contributed by atoms with E-state index in [0.29, 0.717) is 0 Å². The van der Waals surface area contributed by atoms with Gasteiger partial charge in [-0.2, -0.15) is 0 Å². The van der Waals surface area contributed by atoms with E-state index in [1.54, 1.807) is 28.4 Å². The first kappa shape index (κ1) is 39.3. The zero-order valence-electron chi connectivity index (χ0n) is 34.6. The van der Waals surface area contributed by atoms with Crippen LogP contribution in [0.3, 0.4) is 0 Å². The average molecular weight is 791 g/mol. The number of nitrogens with zero attached hydrogens (tertiary/aromatic N) is 4. The number of methoxy groups -OCH3 is 4. The van der Waals surface area contributed by atoms with Crippen molar-refractivity contribution in [2.45, 2.75) is 13.8 Å². The van der Waals surface area contributed by atoms with Crippen molar-refractivity contribution in [3.63, 3.8) is 0 Å². The highest BCUT2D eigenvalue weighted by atomic mass is 16.5. The number of aromatic nitrogens is 2. The fourth-order valence-electron chi connectivity index (χ4n) is 7.36. The SMILES string of the molecule is COc1ccc(N(c2ccc(OC)cc2)c2ccc(-c3cc(C)nc(-c4cc(-c5ccc(N(c6ccc(OC)cc6)c6ccc(OC)cc6)cc5)cc(C)n4)c3)cc2)cc1. The third-order valence-corrected chi connectivity index (χ3v) is 10.4. The summed E-state index contributed by atoms with van der Waals surface area (Å²) in [5, 5.41) is 0. The number of anilines is 6. The van der Waals surface area contributed by atoms with E-state index in [4.69, 9.17) is 28.9 Å². The van der Waals surface area contributed by atoms with Gasteiger partial charge in [0.2, 0.25) is 0 Å². The molecule has 0 unspecified atom stereocenters. The molecule has 8 heteroatoms. The van der Waals surface area contributed by atoms with Gasteiger partial charge in [-0.3, -0.25) is 9.97 Å². The lowest BCUT2D eigenvalue weighted by atomic mass is 10.0. The van der Waals surface area contributed by atoms with Crippen LogP contribution in [0.1, 0.15) is 11.4 Å². The molecule has 0 saturated heterocycles. The van der Waals surface area contributed by atoms with Crippen LogP contribution in [0.25, 0.3) is 33.6 Å². The van der Waals surface area contributed by atoms with Gasteiger partial charge in [-0.25, -0.2) is 0 Å². The summed E-state index contributed by atoms with van der Waals surface area (Å²) in [6.07, 6.45) is 0. The molecule has 2 aromatic heterocycles. The maximum absolute atomic E-state index is 5.44. The Morgan fingerprint density at radius 1 is 0.300 bits per heavy atom. The Morgan fingerprint density at radius 3 is 0.767 bits per heavy atom. The predicted molar refractivity (Wildman–Crippen MR) is 243 cm³/mol. The topological polar surface area (TPSA) is 69.2 Å². The normalized spacial score (nSPS) is 10.8. The number of aryl methyl sites for hydroxylation is 2. The van der Waals surface area contributed by atoms with E-state index in [2.05, 4.69) is 131 Å². The first-order chi connectivity index (χ1) is 29.3. The minimum Gasteiger partial charge on any atom is -0.497 e. The van der Waals surface area contributed by atoms with Crippen molar-refractivity contribution in [2.24, 2.45) is 0 Å². The second kappa shape index (κ2) is 17.5. The van der Waals surface area contributed by atoms with Gasteiger partial charge in [0.1, 0.15) is 23.0 Å². The van der Waals surface area contributed by atoms with E-state index in [1.165, 1.54) is 0 Å². The fourth-order valence-corrected chi connectivity index (χ4v) is 7.36. The summed E-state index contributed by atoms with van der Waals surface area (Å²) >= 11 is 0. The Labute approximate surface area is 351 Å². The van der Waals surface area contributed by atoms with Crippen molar-refractivity contribution in [2.75, 3.05) is 38.2 Å². The summed E-state index contributed by atoms with van der Waals surface area (Å²) < 4.78 is 21.8. The Morgan fingerprint density at radius 2 is 0.533 bits per heavy atom. The van der Waals surface area contributed by atoms with E-state index < -0.39 is 0 Å². The lowest BCUT2D eigenvalue weighted by molar-refractivity contribution is 0.414. The minimum absolute atomic E-state index is 0.804. The molecule has 0 aliphatic carbocycles. The fraction of sp³-hybridized carbons (Fsp3) is 0.115. The predicted octanol–water partition coefficient (Wildman–Crippen LogP) is 13.1. The number of rotatable bonds is 13. The molecular weight excluding hydrogens is 745 g/mol. The lowest BCUT2D eigenvalue weighted by Gasteiger charge is -2.26. The smallest absolute Gasteiger partial charge is 0.119 e. The van der Waals surface area contributed by atoms with Crippen LogP contribution in [0.15, 0.2) is 170 Å². The monoisotopic (exact) mass is 790 g/mol. The summed E-state index contributed by atoms with van der Waals surface area (Å²) in [5.74, 6) is 3.22. The van der Waals surface area contributed by atoms with Gasteiger partial charge in [0.05, 0.1) is 39.8 Å².